The van der Waals surface area contributed by atoms with E-state index >= 15 is 0 Å². The summed E-state index contributed by atoms with van der Waals surface area (Å²) in [7, 11) is 0. The van der Waals surface area contributed by atoms with E-state index < -0.39 is 23.5 Å². The summed E-state index contributed by atoms with van der Waals surface area (Å²) in [5.41, 5.74) is 0.578. The highest BCUT2D eigenvalue weighted by molar-refractivity contribution is 7.13. The number of carbonyl (C=O) groups excluding carboxylic acids is 2. The molecule has 4 rings (SSSR count). The van der Waals surface area contributed by atoms with Crippen LogP contribution in [-0.2, 0) is 4.79 Å². The highest BCUT2D eigenvalue weighted by Gasteiger charge is 2.46. The van der Waals surface area contributed by atoms with Crippen LogP contribution in [0, 0.1) is 0 Å². The lowest BCUT2D eigenvalue weighted by Gasteiger charge is -2.24. The smallest absolute Gasteiger partial charge is 0.296 e. The molecule has 3 heterocycles. The quantitative estimate of drug-likeness (QED) is 0.584. The first-order chi connectivity index (χ1) is 14.1. The molecule has 0 saturated heterocycles. The third-order valence-corrected chi connectivity index (χ3v) is 5.24. The van der Waals surface area contributed by atoms with Gasteiger partial charge in [-0.15, -0.1) is 11.3 Å². The van der Waals surface area contributed by atoms with E-state index in [1.165, 1.54) is 28.6 Å². The highest BCUT2D eigenvalue weighted by atomic mass is 32.1. The van der Waals surface area contributed by atoms with Crippen molar-refractivity contribution in [2.75, 3.05) is 11.5 Å². The van der Waals surface area contributed by atoms with Gasteiger partial charge in [0.1, 0.15) is 5.75 Å². The maximum atomic E-state index is 13.1. The van der Waals surface area contributed by atoms with Gasteiger partial charge >= 0.3 is 0 Å². The van der Waals surface area contributed by atoms with E-state index in [1.807, 2.05) is 6.92 Å². The van der Waals surface area contributed by atoms with Crippen LogP contribution in [0.5, 0.6) is 5.75 Å². The van der Waals surface area contributed by atoms with E-state index in [2.05, 4.69) is 4.98 Å². The monoisotopic (exact) mass is 410 g/mol. The maximum absolute atomic E-state index is 13.1. The summed E-state index contributed by atoms with van der Waals surface area (Å²) in [6, 6.07) is 9.37. The Morgan fingerprint density at radius 3 is 2.90 bits per heavy atom. The number of carbonyl (C=O) groups is 2. The van der Waals surface area contributed by atoms with Crippen molar-refractivity contribution < 1.29 is 23.8 Å². The average molecular weight is 410 g/mol. The Balaban J connectivity index is 1.83. The van der Waals surface area contributed by atoms with Gasteiger partial charge in [0, 0.05) is 11.6 Å². The van der Waals surface area contributed by atoms with Crippen molar-refractivity contribution in [1.82, 2.24) is 4.98 Å². The Morgan fingerprint density at radius 2 is 2.21 bits per heavy atom. The number of ketones is 1. The molecule has 1 N–H and O–H groups in total. The first-order valence-corrected chi connectivity index (χ1v) is 9.97. The molecule has 1 unspecified atom stereocenters. The normalized spacial score (nSPS) is 16.5. The summed E-state index contributed by atoms with van der Waals surface area (Å²) >= 11 is 1.24. The largest absolute Gasteiger partial charge is 0.503 e. The Labute approximate surface area is 170 Å². The molecule has 1 aliphatic rings. The Kier molecular flexibility index (Phi) is 5.18. The van der Waals surface area contributed by atoms with Crippen LogP contribution >= 0.6 is 11.3 Å². The van der Waals surface area contributed by atoms with Gasteiger partial charge in [0.05, 0.1) is 24.5 Å². The third-order valence-electron chi connectivity index (χ3n) is 4.47. The maximum Gasteiger partial charge on any atom is 0.296 e. The lowest BCUT2D eigenvalue weighted by atomic mass is 9.95. The van der Waals surface area contributed by atoms with Crippen molar-refractivity contribution in [2.24, 2.45) is 0 Å². The lowest BCUT2D eigenvalue weighted by molar-refractivity contribution is -0.117. The summed E-state index contributed by atoms with van der Waals surface area (Å²) in [5, 5.41) is 12.7. The van der Waals surface area contributed by atoms with Gasteiger partial charge in [0.2, 0.25) is 5.78 Å². The number of aromatic nitrogens is 1. The molecule has 0 bridgehead atoms. The van der Waals surface area contributed by atoms with Gasteiger partial charge in [0.15, 0.2) is 16.7 Å². The zero-order valence-electron chi connectivity index (χ0n) is 15.6. The molecule has 29 heavy (non-hydrogen) atoms. The molecule has 3 aromatic rings. The lowest BCUT2D eigenvalue weighted by Crippen LogP contribution is -2.30. The molecule has 2 aromatic heterocycles. The second kappa shape index (κ2) is 7.92. The fourth-order valence-corrected chi connectivity index (χ4v) is 3.89. The summed E-state index contributed by atoms with van der Waals surface area (Å²) in [6.45, 7) is 2.55. The number of furan rings is 1. The van der Waals surface area contributed by atoms with Crippen LogP contribution in [0.2, 0.25) is 0 Å². The van der Waals surface area contributed by atoms with Crippen LogP contribution in [0.4, 0.5) is 5.13 Å². The molecule has 0 aliphatic carbocycles. The van der Waals surface area contributed by atoms with Crippen molar-refractivity contribution in [1.29, 1.82) is 0 Å². The van der Waals surface area contributed by atoms with Crippen LogP contribution < -0.4 is 9.64 Å². The molecule has 1 amide bonds. The molecular weight excluding hydrogens is 392 g/mol. The van der Waals surface area contributed by atoms with Gasteiger partial charge in [-0.3, -0.25) is 14.5 Å². The van der Waals surface area contributed by atoms with Gasteiger partial charge in [-0.2, -0.15) is 0 Å². The molecule has 1 atom stereocenters. The molecule has 0 fully saturated rings. The topological polar surface area (TPSA) is 92.9 Å². The first-order valence-electron chi connectivity index (χ1n) is 9.09. The van der Waals surface area contributed by atoms with Gasteiger partial charge in [-0.1, -0.05) is 19.1 Å². The number of ether oxygens (including phenoxy) is 1. The number of amides is 1. The minimum atomic E-state index is -0.851. The number of nitrogens with zero attached hydrogens (tertiary/aromatic N) is 2. The minimum Gasteiger partial charge on any atom is -0.503 e. The van der Waals surface area contributed by atoms with E-state index in [0.29, 0.717) is 23.1 Å². The summed E-state index contributed by atoms with van der Waals surface area (Å²) in [6.07, 6.45) is 3.78. The Morgan fingerprint density at radius 1 is 1.34 bits per heavy atom. The average Bonchev–Trinajstić information content (AvgIpc) is 3.48. The predicted molar refractivity (Wildman–Crippen MR) is 107 cm³/mol. The van der Waals surface area contributed by atoms with Crippen molar-refractivity contribution in [2.45, 2.75) is 19.4 Å². The predicted octanol–water partition coefficient (Wildman–Crippen LogP) is 4.31. The number of rotatable bonds is 7. The highest BCUT2D eigenvalue weighted by Crippen LogP contribution is 2.43. The summed E-state index contributed by atoms with van der Waals surface area (Å²) in [5.74, 6) is -1.17. The van der Waals surface area contributed by atoms with Crippen LogP contribution in [0.25, 0.3) is 0 Å². The second-order valence-corrected chi connectivity index (χ2v) is 7.26. The van der Waals surface area contributed by atoms with E-state index in [0.717, 1.165) is 6.42 Å². The minimum absolute atomic E-state index is 0.0451. The standard InChI is InChI=1S/C21H18N2O5S/c1-2-9-27-14-6-3-5-13(12-14)17-16(18(24)15-7-4-10-28-15)19(25)20(26)23(17)21-22-8-11-29-21/h3-8,10-12,17,25H,2,9H2,1H3. The third kappa shape index (κ3) is 3.42. The fraction of sp³-hybridized carbons (Fsp3) is 0.190. The summed E-state index contributed by atoms with van der Waals surface area (Å²) in [4.78, 5) is 31.5. The van der Waals surface area contributed by atoms with Crippen LogP contribution in [0.1, 0.15) is 35.5 Å². The SMILES string of the molecule is CCCOc1cccc(C2C(C(=O)c3ccco3)=C(O)C(=O)N2c2nccs2)c1. The number of benzene rings is 1. The number of aliphatic hydroxyl groups excluding tert-OH is 1. The summed E-state index contributed by atoms with van der Waals surface area (Å²) < 4.78 is 10.9. The van der Waals surface area contributed by atoms with Crippen LogP contribution in [-0.4, -0.2) is 28.4 Å². The number of thiazole rings is 1. The number of aliphatic hydroxyl groups is 1. The van der Waals surface area contributed by atoms with Crippen molar-refractivity contribution in [3.8, 4) is 5.75 Å². The van der Waals surface area contributed by atoms with E-state index in [-0.39, 0.29) is 11.3 Å². The second-order valence-electron chi connectivity index (χ2n) is 6.38. The van der Waals surface area contributed by atoms with Crippen molar-refractivity contribution in [3.63, 3.8) is 0 Å². The zero-order chi connectivity index (χ0) is 20.4. The molecule has 1 aliphatic heterocycles. The Bertz CT molecular complexity index is 1060. The van der Waals surface area contributed by atoms with Gasteiger partial charge in [-0.05, 0) is 36.2 Å². The Hall–Kier alpha value is -3.39. The number of hydrogen-bond acceptors (Lipinski definition) is 7. The number of hydrogen-bond donors (Lipinski definition) is 1. The molecule has 0 saturated carbocycles. The molecular formula is C21H18N2O5S. The van der Waals surface area contributed by atoms with Crippen LogP contribution in [0.3, 0.4) is 0 Å². The molecule has 8 heteroatoms. The molecule has 148 valence electrons. The molecule has 1 aromatic carbocycles. The van der Waals surface area contributed by atoms with E-state index in [1.54, 1.807) is 41.9 Å². The van der Waals surface area contributed by atoms with E-state index in [9.17, 15) is 14.7 Å². The van der Waals surface area contributed by atoms with Gasteiger partial charge in [0.25, 0.3) is 5.91 Å². The number of anilines is 1. The first kappa shape index (κ1) is 18.9. The van der Waals surface area contributed by atoms with Crippen molar-refractivity contribution in [3.05, 3.63) is 76.9 Å². The zero-order valence-corrected chi connectivity index (χ0v) is 16.4. The molecule has 0 spiro atoms. The molecule has 7 nitrogen and oxygen atoms in total. The van der Waals surface area contributed by atoms with Crippen LogP contribution in [0.15, 0.2) is 70.0 Å². The molecule has 0 radical (unpaired) electrons. The number of Topliss-reactive ketones (excluding diaryl/α,β-unsaturated/α-hetero) is 1. The van der Waals surface area contributed by atoms with E-state index in [4.69, 9.17) is 9.15 Å². The van der Waals surface area contributed by atoms with Crippen molar-refractivity contribution >= 4 is 28.2 Å². The van der Waals surface area contributed by atoms with Gasteiger partial charge in [-0.25, -0.2) is 4.98 Å². The fourth-order valence-electron chi connectivity index (χ4n) is 3.22. The van der Waals surface area contributed by atoms with Gasteiger partial charge < -0.3 is 14.3 Å².